The van der Waals surface area contributed by atoms with E-state index in [0.717, 1.165) is 24.5 Å². The number of nitrogens with two attached hydrogens (primary N) is 1. The van der Waals surface area contributed by atoms with Gasteiger partial charge in [-0.05, 0) is 26.0 Å². The topological polar surface area (TPSA) is 68.8 Å². The Bertz CT molecular complexity index is 540. The Morgan fingerprint density at radius 2 is 2.30 bits per heavy atom. The Balaban J connectivity index is 1.92. The van der Waals surface area contributed by atoms with Crippen LogP contribution in [0.2, 0.25) is 0 Å². The molecule has 1 atom stereocenters. The second-order valence-corrected chi connectivity index (χ2v) is 5.78. The predicted molar refractivity (Wildman–Crippen MR) is 82.4 cm³/mol. The monoisotopic (exact) mass is 291 g/mol. The first-order valence-electron chi connectivity index (χ1n) is 6.75. The Morgan fingerprint density at radius 3 is 3.00 bits per heavy atom. The van der Waals surface area contributed by atoms with Crippen LogP contribution in [0.25, 0.3) is 0 Å². The molecule has 1 unspecified atom stereocenters. The van der Waals surface area contributed by atoms with Crippen LogP contribution >= 0.6 is 11.8 Å². The van der Waals surface area contributed by atoms with Gasteiger partial charge in [0, 0.05) is 29.7 Å². The Hall–Kier alpha value is -1.37. The van der Waals surface area contributed by atoms with Crippen molar-refractivity contribution in [3.05, 3.63) is 42.0 Å². The summed E-state index contributed by atoms with van der Waals surface area (Å²) < 4.78 is 1.90. The zero-order valence-corrected chi connectivity index (χ0v) is 12.7. The first kappa shape index (κ1) is 15.0. The van der Waals surface area contributed by atoms with E-state index in [4.69, 9.17) is 5.84 Å². The molecule has 1 heterocycles. The second-order valence-electron chi connectivity index (χ2n) is 4.69. The zero-order chi connectivity index (χ0) is 14.4. The molecule has 0 amide bonds. The third-order valence-electron chi connectivity index (χ3n) is 3.10. The van der Waals surface area contributed by atoms with Crippen molar-refractivity contribution >= 4 is 11.8 Å². The van der Waals surface area contributed by atoms with Gasteiger partial charge < -0.3 is 0 Å². The lowest BCUT2D eigenvalue weighted by molar-refractivity contribution is 0.527. The van der Waals surface area contributed by atoms with Gasteiger partial charge in [0.25, 0.3) is 0 Å². The molecule has 0 saturated heterocycles. The van der Waals surface area contributed by atoms with Crippen molar-refractivity contribution in [3.8, 4) is 0 Å². The van der Waals surface area contributed by atoms with Gasteiger partial charge in [-0.15, -0.1) is 11.8 Å². The maximum Gasteiger partial charge on any atom is 0.138 e. The smallest absolute Gasteiger partial charge is 0.138 e. The molecule has 5 nitrogen and oxygen atoms in total. The number of benzene rings is 1. The minimum Gasteiger partial charge on any atom is -0.271 e. The summed E-state index contributed by atoms with van der Waals surface area (Å²) in [6, 6.07) is 8.67. The molecule has 0 aliphatic rings. The highest BCUT2D eigenvalue weighted by Gasteiger charge is 2.12. The Kier molecular flexibility index (Phi) is 5.58. The summed E-state index contributed by atoms with van der Waals surface area (Å²) in [6.45, 7) is 4.99. The molecule has 0 spiro atoms. The molecular formula is C14H21N5S. The van der Waals surface area contributed by atoms with E-state index in [-0.39, 0.29) is 6.04 Å². The van der Waals surface area contributed by atoms with Gasteiger partial charge in [-0.1, -0.05) is 17.7 Å². The Labute approximate surface area is 123 Å². The van der Waals surface area contributed by atoms with Crippen LogP contribution < -0.4 is 11.3 Å². The molecule has 3 N–H and O–H groups in total. The normalized spacial score (nSPS) is 12.6. The van der Waals surface area contributed by atoms with E-state index in [1.54, 1.807) is 18.1 Å². The molecule has 20 heavy (non-hydrogen) atoms. The second kappa shape index (κ2) is 7.42. The highest BCUT2D eigenvalue weighted by molar-refractivity contribution is 7.99. The van der Waals surface area contributed by atoms with Crippen molar-refractivity contribution in [2.45, 2.75) is 37.8 Å². The summed E-state index contributed by atoms with van der Waals surface area (Å²) in [5.41, 5.74) is 4.15. The Morgan fingerprint density at radius 1 is 1.45 bits per heavy atom. The van der Waals surface area contributed by atoms with Crippen LogP contribution in [0.1, 0.15) is 18.3 Å². The average molecular weight is 291 g/mol. The lowest BCUT2D eigenvalue weighted by Gasteiger charge is -2.15. The molecule has 6 heteroatoms. The highest BCUT2D eigenvalue weighted by atomic mass is 32.2. The predicted octanol–water partition coefficient (Wildman–Crippen LogP) is 1.77. The van der Waals surface area contributed by atoms with Crippen molar-refractivity contribution in [3.63, 3.8) is 0 Å². The molecule has 1 aromatic carbocycles. The first-order chi connectivity index (χ1) is 9.72. The summed E-state index contributed by atoms with van der Waals surface area (Å²) in [7, 11) is 0. The fraction of sp³-hybridized carbons (Fsp3) is 0.429. The molecular weight excluding hydrogens is 270 g/mol. The molecule has 2 aromatic rings. The van der Waals surface area contributed by atoms with Gasteiger partial charge in [0.2, 0.25) is 0 Å². The number of aryl methyl sites for hydroxylation is 2. The summed E-state index contributed by atoms with van der Waals surface area (Å²) in [4.78, 5) is 5.56. The molecule has 0 aliphatic heterocycles. The van der Waals surface area contributed by atoms with Crippen molar-refractivity contribution < 1.29 is 0 Å². The number of thioether (sulfide) groups is 1. The molecule has 0 aliphatic carbocycles. The number of nitrogens with zero attached hydrogens (tertiary/aromatic N) is 3. The van der Waals surface area contributed by atoms with Crippen molar-refractivity contribution in [1.82, 2.24) is 20.2 Å². The highest BCUT2D eigenvalue weighted by Crippen LogP contribution is 2.20. The van der Waals surface area contributed by atoms with E-state index in [2.05, 4.69) is 53.6 Å². The van der Waals surface area contributed by atoms with Gasteiger partial charge in [-0.3, -0.25) is 16.0 Å². The third kappa shape index (κ3) is 4.06. The molecule has 0 radical (unpaired) electrons. The van der Waals surface area contributed by atoms with E-state index in [1.165, 1.54) is 10.5 Å². The summed E-state index contributed by atoms with van der Waals surface area (Å²) in [6.07, 6.45) is 2.38. The third-order valence-corrected chi connectivity index (χ3v) is 4.26. The average Bonchev–Trinajstić information content (AvgIpc) is 2.90. The molecule has 0 bridgehead atoms. The molecule has 108 valence electrons. The maximum atomic E-state index is 5.65. The number of nitrogens with one attached hydrogen (secondary N) is 1. The van der Waals surface area contributed by atoms with Crippen molar-refractivity contribution in [2.75, 3.05) is 5.75 Å². The van der Waals surface area contributed by atoms with Crippen LogP contribution in [-0.4, -0.2) is 26.6 Å². The summed E-state index contributed by atoms with van der Waals surface area (Å²) >= 11 is 1.80. The number of hydrogen-bond donors (Lipinski definition) is 2. The van der Waals surface area contributed by atoms with Crippen LogP contribution in [0.15, 0.2) is 35.5 Å². The van der Waals surface area contributed by atoms with E-state index < -0.39 is 0 Å². The fourth-order valence-corrected chi connectivity index (χ4v) is 3.05. The fourth-order valence-electron chi connectivity index (χ4n) is 2.00. The van der Waals surface area contributed by atoms with E-state index in [0.29, 0.717) is 0 Å². The summed E-state index contributed by atoms with van der Waals surface area (Å²) in [5.74, 6) is 7.53. The lowest BCUT2D eigenvalue weighted by atomic mass is 10.2. The zero-order valence-electron chi connectivity index (χ0n) is 11.9. The van der Waals surface area contributed by atoms with Crippen LogP contribution in [0.5, 0.6) is 0 Å². The lowest BCUT2D eigenvalue weighted by Crippen LogP contribution is -2.39. The standard InChI is InChI=1S/C14H21N5S/c1-3-19-14(16-10-17-19)8-12(18-15)9-20-13-6-4-5-11(2)7-13/h4-7,10,12,18H,3,8-9,15H2,1-2H3. The summed E-state index contributed by atoms with van der Waals surface area (Å²) in [5, 5.41) is 4.18. The number of aromatic nitrogens is 3. The van der Waals surface area contributed by atoms with E-state index in [1.807, 2.05) is 4.68 Å². The largest absolute Gasteiger partial charge is 0.271 e. The molecule has 1 aromatic heterocycles. The van der Waals surface area contributed by atoms with Crippen LogP contribution in [-0.2, 0) is 13.0 Å². The molecule has 2 rings (SSSR count). The minimum absolute atomic E-state index is 0.176. The van der Waals surface area contributed by atoms with Crippen molar-refractivity contribution in [1.29, 1.82) is 0 Å². The molecule has 0 fully saturated rings. The van der Waals surface area contributed by atoms with E-state index >= 15 is 0 Å². The van der Waals surface area contributed by atoms with Crippen LogP contribution in [0, 0.1) is 6.92 Å². The van der Waals surface area contributed by atoms with Crippen LogP contribution in [0.3, 0.4) is 0 Å². The van der Waals surface area contributed by atoms with Gasteiger partial charge in [0.15, 0.2) is 0 Å². The maximum absolute atomic E-state index is 5.65. The minimum atomic E-state index is 0.176. The van der Waals surface area contributed by atoms with Crippen LogP contribution in [0.4, 0.5) is 0 Å². The molecule has 0 saturated carbocycles. The number of hydrogen-bond acceptors (Lipinski definition) is 5. The van der Waals surface area contributed by atoms with Gasteiger partial charge >= 0.3 is 0 Å². The SMILES string of the molecule is CCn1ncnc1CC(CSc1cccc(C)c1)NN. The number of rotatable bonds is 7. The van der Waals surface area contributed by atoms with E-state index in [9.17, 15) is 0 Å². The van der Waals surface area contributed by atoms with Gasteiger partial charge in [0.1, 0.15) is 12.2 Å². The van der Waals surface area contributed by atoms with Gasteiger partial charge in [-0.2, -0.15) is 5.10 Å². The van der Waals surface area contributed by atoms with Gasteiger partial charge in [0.05, 0.1) is 0 Å². The number of hydrazine groups is 1. The quantitative estimate of drug-likeness (QED) is 0.462. The first-order valence-corrected chi connectivity index (χ1v) is 7.73. The van der Waals surface area contributed by atoms with Crippen molar-refractivity contribution in [2.24, 2.45) is 5.84 Å². The van der Waals surface area contributed by atoms with Gasteiger partial charge in [-0.25, -0.2) is 4.98 Å².